The maximum atomic E-state index is 12.2. The number of nitrogens with zero attached hydrogens (tertiary/aromatic N) is 2. The molecule has 2 rings (SSSR count). The second-order valence-corrected chi connectivity index (χ2v) is 5.81. The van der Waals surface area contributed by atoms with E-state index in [1.807, 2.05) is 17.2 Å². The van der Waals surface area contributed by atoms with E-state index in [9.17, 15) is 4.79 Å². The number of carbonyl (C=O) groups excluding carboxylic acids is 1. The standard InChI is InChI=1S/C13H19ClN2O2S/c1-2-18-11-4-3-5-16(8-11)13(17)6-12-15-10(7-14)9-19-12/h9,11H,2-8H2,1H3. The Hall–Kier alpha value is -0.650. The van der Waals surface area contributed by atoms with Crippen molar-refractivity contribution in [2.75, 3.05) is 19.7 Å². The monoisotopic (exact) mass is 302 g/mol. The third-order valence-electron chi connectivity index (χ3n) is 3.17. The zero-order valence-electron chi connectivity index (χ0n) is 11.1. The number of rotatable bonds is 5. The van der Waals surface area contributed by atoms with Gasteiger partial charge in [0.05, 0.1) is 24.1 Å². The van der Waals surface area contributed by atoms with E-state index in [0.717, 1.165) is 30.1 Å². The van der Waals surface area contributed by atoms with Crippen molar-refractivity contribution in [3.05, 3.63) is 16.1 Å². The first-order valence-electron chi connectivity index (χ1n) is 6.61. The van der Waals surface area contributed by atoms with Crippen LogP contribution in [0.1, 0.15) is 30.5 Å². The molecule has 1 fully saturated rings. The maximum absolute atomic E-state index is 12.2. The molecule has 0 aliphatic carbocycles. The van der Waals surface area contributed by atoms with E-state index < -0.39 is 0 Å². The number of hydrogen-bond acceptors (Lipinski definition) is 4. The smallest absolute Gasteiger partial charge is 0.229 e. The molecule has 106 valence electrons. The number of likely N-dealkylation sites (tertiary alicyclic amines) is 1. The molecule has 6 heteroatoms. The molecule has 19 heavy (non-hydrogen) atoms. The fraction of sp³-hybridized carbons (Fsp3) is 0.692. The lowest BCUT2D eigenvalue weighted by Gasteiger charge is -2.32. The molecule has 0 saturated carbocycles. The van der Waals surface area contributed by atoms with Gasteiger partial charge in [0, 0.05) is 25.1 Å². The number of piperidine rings is 1. The number of amides is 1. The van der Waals surface area contributed by atoms with Gasteiger partial charge in [0.15, 0.2) is 0 Å². The lowest BCUT2D eigenvalue weighted by atomic mass is 10.1. The fourth-order valence-corrected chi connectivity index (χ4v) is 3.28. The second-order valence-electron chi connectivity index (χ2n) is 4.60. The number of ether oxygens (including phenoxy) is 1. The van der Waals surface area contributed by atoms with Crippen LogP contribution in [0.15, 0.2) is 5.38 Å². The summed E-state index contributed by atoms with van der Waals surface area (Å²) in [6.07, 6.45) is 2.63. The van der Waals surface area contributed by atoms with Crippen LogP contribution < -0.4 is 0 Å². The largest absolute Gasteiger partial charge is 0.377 e. The van der Waals surface area contributed by atoms with Crippen molar-refractivity contribution in [2.45, 2.75) is 38.2 Å². The summed E-state index contributed by atoms with van der Waals surface area (Å²) in [5, 5.41) is 2.76. The lowest BCUT2D eigenvalue weighted by molar-refractivity contribution is -0.134. The van der Waals surface area contributed by atoms with Gasteiger partial charge in [0.25, 0.3) is 0 Å². The van der Waals surface area contributed by atoms with Crippen molar-refractivity contribution in [3.63, 3.8) is 0 Å². The van der Waals surface area contributed by atoms with Gasteiger partial charge < -0.3 is 9.64 Å². The van der Waals surface area contributed by atoms with Crippen molar-refractivity contribution >= 4 is 28.8 Å². The van der Waals surface area contributed by atoms with E-state index >= 15 is 0 Å². The molecule has 1 unspecified atom stereocenters. The minimum absolute atomic E-state index is 0.139. The van der Waals surface area contributed by atoms with Crippen LogP contribution in [0.5, 0.6) is 0 Å². The molecule has 1 aliphatic heterocycles. The summed E-state index contributed by atoms with van der Waals surface area (Å²) in [6, 6.07) is 0. The van der Waals surface area contributed by atoms with E-state index in [1.165, 1.54) is 11.3 Å². The number of alkyl halides is 1. The van der Waals surface area contributed by atoms with Crippen molar-refractivity contribution in [1.82, 2.24) is 9.88 Å². The highest BCUT2D eigenvalue weighted by molar-refractivity contribution is 7.09. The Morgan fingerprint density at radius 2 is 2.53 bits per heavy atom. The summed E-state index contributed by atoms with van der Waals surface area (Å²) in [6.45, 7) is 4.23. The van der Waals surface area contributed by atoms with Crippen LogP contribution >= 0.6 is 22.9 Å². The maximum Gasteiger partial charge on any atom is 0.229 e. The number of carbonyl (C=O) groups is 1. The van der Waals surface area contributed by atoms with Crippen molar-refractivity contribution in [2.24, 2.45) is 0 Å². The highest BCUT2D eigenvalue weighted by atomic mass is 35.5. The second kappa shape index (κ2) is 7.22. The highest BCUT2D eigenvalue weighted by Crippen LogP contribution is 2.17. The van der Waals surface area contributed by atoms with Gasteiger partial charge in [0.1, 0.15) is 5.01 Å². The van der Waals surface area contributed by atoms with E-state index in [2.05, 4.69) is 4.98 Å². The zero-order valence-corrected chi connectivity index (χ0v) is 12.7. The van der Waals surface area contributed by atoms with Gasteiger partial charge in [-0.2, -0.15) is 0 Å². The molecule has 0 radical (unpaired) electrons. The molecule has 4 nitrogen and oxygen atoms in total. The number of aromatic nitrogens is 1. The third-order valence-corrected chi connectivity index (χ3v) is 4.34. The molecule has 1 amide bonds. The molecular formula is C13H19ClN2O2S. The Labute approximate surface area is 122 Å². The molecular weight excluding hydrogens is 284 g/mol. The first-order valence-corrected chi connectivity index (χ1v) is 8.03. The summed E-state index contributed by atoms with van der Waals surface area (Å²) in [4.78, 5) is 18.4. The minimum atomic E-state index is 0.139. The molecule has 1 atom stereocenters. The molecule has 1 aromatic rings. The van der Waals surface area contributed by atoms with Gasteiger partial charge in [-0.3, -0.25) is 4.79 Å². The van der Waals surface area contributed by atoms with E-state index in [-0.39, 0.29) is 12.0 Å². The molecule has 0 spiro atoms. The molecule has 1 aliphatic rings. The van der Waals surface area contributed by atoms with E-state index in [1.54, 1.807) is 0 Å². The summed E-state index contributed by atoms with van der Waals surface area (Å²) in [7, 11) is 0. The molecule has 1 aromatic heterocycles. The van der Waals surface area contributed by atoms with E-state index in [4.69, 9.17) is 16.3 Å². The summed E-state index contributed by atoms with van der Waals surface area (Å²) in [5.41, 5.74) is 0.848. The Balaban J connectivity index is 1.88. The fourth-order valence-electron chi connectivity index (χ4n) is 2.27. The molecule has 0 N–H and O–H groups in total. The highest BCUT2D eigenvalue weighted by Gasteiger charge is 2.24. The van der Waals surface area contributed by atoms with E-state index in [0.29, 0.717) is 25.5 Å². The first-order chi connectivity index (χ1) is 9.22. The van der Waals surface area contributed by atoms with Crippen LogP contribution in [0.4, 0.5) is 0 Å². The van der Waals surface area contributed by atoms with Gasteiger partial charge in [-0.05, 0) is 19.8 Å². The Bertz CT molecular complexity index is 423. The van der Waals surface area contributed by atoms with Crippen LogP contribution in [-0.4, -0.2) is 41.6 Å². The quantitative estimate of drug-likeness (QED) is 0.785. The molecule has 2 heterocycles. The Kier molecular flexibility index (Phi) is 5.60. The number of halogens is 1. The van der Waals surface area contributed by atoms with Gasteiger partial charge >= 0.3 is 0 Å². The number of thiazole rings is 1. The van der Waals surface area contributed by atoms with Crippen LogP contribution in [0.3, 0.4) is 0 Å². The van der Waals surface area contributed by atoms with Gasteiger partial charge in [-0.25, -0.2) is 4.98 Å². The van der Waals surface area contributed by atoms with Crippen molar-refractivity contribution in [1.29, 1.82) is 0 Å². The van der Waals surface area contributed by atoms with Crippen LogP contribution in [0.2, 0.25) is 0 Å². The van der Waals surface area contributed by atoms with Gasteiger partial charge in [-0.15, -0.1) is 22.9 Å². The van der Waals surface area contributed by atoms with Crippen molar-refractivity contribution < 1.29 is 9.53 Å². The minimum Gasteiger partial charge on any atom is -0.377 e. The zero-order chi connectivity index (χ0) is 13.7. The SMILES string of the molecule is CCOC1CCCN(C(=O)Cc2nc(CCl)cs2)C1. The first kappa shape index (κ1) is 14.8. The normalized spacial score (nSPS) is 19.7. The third kappa shape index (κ3) is 4.16. The summed E-state index contributed by atoms with van der Waals surface area (Å²) >= 11 is 7.21. The van der Waals surface area contributed by atoms with Gasteiger partial charge in [-0.1, -0.05) is 0 Å². The number of hydrogen-bond donors (Lipinski definition) is 0. The topological polar surface area (TPSA) is 42.4 Å². The predicted octanol–water partition coefficient (Wildman–Crippen LogP) is 2.45. The average Bonchev–Trinajstić information content (AvgIpc) is 2.87. The van der Waals surface area contributed by atoms with Crippen LogP contribution in [-0.2, 0) is 21.8 Å². The predicted molar refractivity (Wildman–Crippen MR) is 76.6 cm³/mol. The van der Waals surface area contributed by atoms with Crippen LogP contribution in [0.25, 0.3) is 0 Å². The average molecular weight is 303 g/mol. The lowest BCUT2D eigenvalue weighted by Crippen LogP contribution is -2.43. The van der Waals surface area contributed by atoms with Crippen molar-refractivity contribution in [3.8, 4) is 0 Å². The molecule has 0 aromatic carbocycles. The summed E-state index contributed by atoms with van der Waals surface area (Å²) in [5.74, 6) is 0.542. The Morgan fingerprint density at radius 1 is 1.68 bits per heavy atom. The van der Waals surface area contributed by atoms with Crippen LogP contribution in [0, 0.1) is 0 Å². The Morgan fingerprint density at radius 3 is 3.21 bits per heavy atom. The molecule has 1 saturated heterocycles. The van der Waals surface area contributed by atoms with Gasteiger partial charge in [0.2, 0.25) is 5.91 Å². The molecule has 0 bridgehead atoms. The summed E-state index contributed by atoms with van der Waals surface area (Å²) < 4.78 is 5.61.